The molecule has 6 heteroatoms. The van der Waals surface area contributed by atoms with Gasteiger partial charge in [0.1, 0.15) is 5.51 Å². The summed E-state index contributed by atoms with van der Waals surface area (Å²) in [7, 11) is 1.39. The van der Waals surface area contributed by atoms with E-state index >= 15 is 0 Å². The maximum atomic E-state index is 11.2. The molecular weight excluding hydrogens is 232 g/mol. The van der Waals surface area contributed by atoms with Crippen molar-refractivity contribution in [3.63, 3.8) is 0 Å². The molecule has 0 aliphatic heterocycles. The first-order valence-corrected chi connectivity index (χ1v) is 6.30. The fraction of sp³-hybridized carbons (Fsp3) is 0.444. The lowest BCUT2D eigenvalue weighted by Gasteiger charge is -2.00. The highest BCUT2D eigenvalue weighted by Gasteiger charge is 2.06. The summed E-state index contributed by atoms with van der Waals surface area (Å²) in [5, 5.41) is 7.62. The molecule has 1 heterocycles. The van der Waals surface area contributed by atoms with Crippen LogP contribution in [0.2, 0.25) is 0 Å². The highest BCUT2D eigenvalue weighted by atomic mass is 32.2. The minimum Gasteiger partial charge on any atom is -0.466 e. The fourth-order valence-corrected chi connectivity index (χ4v) is 2.36. The Balaban J connectivity index is 2.44. The van der Waals surface area contributed by atoms with Crippen molar-refractivity contribution in [1.82, 2.24) is 10.2 Å². The molecular formula is C9H12N2O2S2. The summed E-state index contributed by atoms with van der Waals surface area (Å²) in [6.45, 7) is 1.93. The van der Waals surface area contributed by atoms with Gasteiger partial charge in [-0.1, -0.05) is 36.1 Å². The van der Waals surface area contributed by atoms with Crippen molar-refractivity contribution in [1.29, 1.82) is 0 Å². The molecule has 0 saturated carbocycles. The van der Waals surface area contributed by atoms with E-state index in [1.807, 2.05) is 13.0 Å². The minimum atomic E-state index is -0.254. The highest BCUT2D eigenvalue weighted by Crippen LogP contribution is 2.19. The van der Waals surface area contributed by atoms with E-state index in [0.717, 1.165) is 4.34 Å². The van der Waals surface area contributed by atoms with E-state index in [-0.39, 0.29) is 5.97 Å². The third-order valence-electron chi connectivity index (χ3n) is 1.71. The number of carbonyl (C=O) groups is 1. The topological polar surface area (TPSA) is 52.1 Å². The van der Waals surface area contributed by atoms with Gasteiger partial charge in [0.15, 0.2) is 4.34 Å². The van der Waals surface area contributed by atoms with Crippen LogP contribution >= 0.6 is 23.1 Å². The Morgan fingerprint density at radius 3 is 3.07 bits per heavy atom. The van der Waals surface area contributed by atoms with Crippen molar-refractivity contribution < 1.29 is 9.53 Å². The van der Waals surface area contributed by atoms with Crippen LogP contribution in [0.5, 0.6) is 0 Å². The van der Waals surface area contributed by atoms with E-state index in [4.69, 9.17) is 0 Å². The summed E-state index contributed by atoms with van der Waals surface area (Å²) in [5.74, 6) is 0.461. The first-order chi connectivity index (χ1) is 7.27. The molecule has 0 unspecified atom stereocenters. The van der Waals surface area contributed by atoms with Crippen molar-refractivity contribution in [2.45, 2.75) is 17.7 Å². The molecule has 1 aromatic rings. The number of hydrogen-bond acceptors (Lipinski definition) is 6. The zero-order chi connectivity index (χ0) is 11.1. The van der Waals surface area contributed by atoms with E-state index in [2.05, 4.69) is 14.9 Å². The number of rotatable bonds is 5. The average molecular weight is 244 g/mol. The van der Waals surface area contributed by atoms with Crippen molar-refractivity contribution in [2.75, 3.05) is 12.9 Å². The molecule has 0 aliphatic rings. The van der Waals surface area contributed by atoms with Crippen molar-refractivity contribution in [3.05, 3.63) is 17.2 Å². The standard InChI is InChI=1S/C9H12N2O2S2/c1-3-7(8(12)13-2)4-5-14-9-11-10-6-15-9/h4,6H,3,5H2,1-2H3. The van der Waals surface area contributed by atoms with Crippen LogP contribution in [0.1, 0.15) is 13.3 Å². The lowest BCUT2D eigenvalue weighted by atomic mass is 10.2. The second-order valence-electron chi connectivity index (χ2n) is 2.59. The van der Waals surface area contributed by atoms with Gasteiger partial charge < -0.3 is 4.74 Å². The van der Waals surface area contributed by atoms with Crippen LogP contribution in [0.25, 0.3) is 0 Å². The zero-order valence-electron chi connectivity index (χ0n) is 8.60. The van der Waals surface area contributed by atoms with Crippen molar-refractivity contribution >= 4 is 29.1 Å². The molecule has 0 N–H and O–H groups in total. The SMILES string of the molecule is CCC(=CCSc1nncs1)C(=O)OC. The molecule has 15 heavy (non-hydrogen) atoms. The molecule has 82 valence electrons. The number of hydrogen-bond donors (Lipinski definition) is 0. The van der Waals surface area contributed by atoms with E-state index in [1.165, 1.54) is 18.4 Å². The van der Waals surface area contributed by atoms with Crippen molar-refractivity contribution in [3.8, 4) is 0 Å². The first kappa shape index (κ1) is 12.2. The van der Waals surface area contributed by atoms with E-state index < -0.39 is 0 Å². The van der Waals surface area contributed by atoms with E-state index in [9.17, 15) is 4.79 Å². The summed E-state index contributed by atoms with van der Waals surface area (Å²) in [4.78, 5) is 11.2. The molecule has 0 amide bonds. The predicted molar refractivity (Wildman–Crippen MR) is 61.0 cm³/mol. The van der Waals surface area contributed by atoms with Crippen molar-refractivity contribution in [2.24, 2.45) is 0 Å². The number of carbonyl (C=O) groups excluding carboxylic acids is 1. The number of methoxy groups -OCH3 is 1. The molecule has 0 saturated heterocycles. The van der Waals surface area contributed by atoms with Gasteiger partial charge in [-0.05, 0) is 6.42 Å². The highest BCUT2D eigenvalue weighted by molar-refractivity contribution is 8.01. The quantitative estimate of drug-likeness (QED) is 0.451. The number of ether oxygens (including phenoxy) is 1. The van der Waals surface area contributed by atoms with Gasteiger partial charge in [0, 0.05) is 11.3 Å². The van der Waals surface area contributed by atoms with Gasteiger partial charge in [-0.2, -0.15) is 0 Å². The van der Waals surface area contributed by atoms with Gasteiger partial charge in [0.2, 0.25) is 0 Å². The molecule has 1 rings (SSSR count). The maximum Gasteiger partial charge on any atom is 0.333 e. The lowest BCUT2D eigenvalue weighted by Crippen LogP contribution is -2.04. The smallest absolute Gasteiger partial charge is 0.333 e. The summed E-state index contributed by atoms with van der Waals surface area (Å²) in [6.07, 6.45) is 2.56. The average Bonchev–Trinajstić information content (AvgIpc) is 2.76. The molecule has 0 atom stereocenters. The summed E-state index contributed by atoms with van der Waals surface area (Å²) < 4.78 is 5.56. The van der Waals surface area contributed by atoms with Crippen LogP contribution in [0.15, 0.2) is 21.5 Å². The zero-order valence-corrected chi connectivity index (χ0v) is 10.2. The molecule has 0 aliphatic carbocycles. The summed E-state index contributed by atoms with van der Waals surface area (Å²) in [5.41, 5.74) is 2.39. The van der Waals surface area contributed by atoms with E-state index in [0.29, 0.717) is 17.7 Å². The summed E-state index contributed by atoms with van der Waals surface area (Å²) >= 11 is 3.05. The van der Waals surface area contributed by atoms with Crippen LogP contribution in [0, 0.1) is 0 Å². The Morgan fingerprint density at radius 1 is 1.73 bits per heavy atom. The molecule has 4 nitrogen and oxygen atoms in total. The normalized spacial score (nSPS) is 11.5. The molecule has 0 spiro atoms. The van der Waals surface area contributed by atoms with Crippen LogP contribution in [0.4, 0.5) is 0 Å². The van der Waals surface area contributed by atoms with Gasteiger partial charge in [-0.15, -0.1) is 10.2 Å². The summed E-state index contributed by atoms with van der Waals surface area (Å²) in [6, 6.07) is 0. The monoisotopic (exact) mass is 244 g/mol. The minimum absolute atomic E-state index is 0.254. The van der Waals surface area contributed by atoms with Gasteiger partial charge >= 0.3 is 5.97 Å². The van der Waals surface area contributed by atoms with Crippen LogP contribution in [-0.2, 0) is 9.53 Å². The number of thioether (sulfide) groups is 1. The van der Waals surface area contributed by atoms with E-state index in [1.54, 1.807) is 17.3 Å². The van der Waals surface area contributed by atoms with Gasteiger partial charge in [-0.3, -0.25) is 0 Å². The van der Waals surface area contributed by atoms with Gasteiger partial charge in [0.25, 0.3) is 0 Å². The third kappa shape index (κ3) is 4.01. The second-order valence-corrected chi connectivity index (χ2v) is 4.69. The maximum absolute atomic E-state index is 11.2. The lowest BCUT2D eigenvalue weighted by molar-refractivity contribution is -0.136. The second kappa shape index (κ2) is 6.58. The Kier molecular flexibility index (Phi) is 5.34. The molecule has 0 bridgehead atoms. The Morgan fingerprint density at radius 2 is 2.53 bits per heavy atom. The van der Waals surface area contributed by atoms with Crippen LogP contribution in [0.3, 0.4) is 0 Å². The Hall–Kier alpha value is -0.880. The largest absolute Gasteiger partial charge is 0.466 e. The fourth-order valence-electron chi connectivity index (χ4n) is 0.942. The first-order valence-electron chi connectivity index (χ1n) is 4.44. The van der Waals surface area contributed by atoms with Gasteiger partial charge in [-0.25, -0.2) is 4.79 Å². The molecule has 0 fully saturated rings. The number of esters is 1. The Bertz CT molecular complexity index is 336. The number of nitrogens with zero attached hydrogens (tertiary/aromatic N) is 2. The van der Waals surface area contributed by atoms with Crippen LogP contribution in [-0.4, -0.2) is 29.0 Å². The van der Waals surface area contributed by atoms with Crippen LogP contribution < -0.4 is 0 Å². The molecule has 0 radical (unpaired) electrons. The van der Waals surface area contributed by atoms with Gasteiger partial charge in [0.05, 0.1) is 7.11 Å². The third-order valence-corrected chi connectivity index (χ3v) is 3.49. The number of aromatic nitrogens is 2. The Labute approximate surface area is 96.7 Å². The molecule has 1 aromatic heterocycles. The predicted octanol–water partition coefficient (Wildman–Crippen LogP) is 2.14. The molecule has 0 aromatic carbocycles.